The highest BCUT2D eigenvalue weighted by Crippen LogP contribution is 2.18. The summed E-state index contributed by atoms with van der Waals surface area (Å²) in [5.41, 5.74) is -0.309. The fourth-order valence-corrected chi connectivity index (χ4v) is 3.60. The van der Waals surface area contributed by atoms with E-state index in [4.69, 9.17) is 9.47 Å². The zero-order valence-corrected chi connectivity index (χ0v) is 26.4. The summed E-state index contributed by atoms with van der Waals surface area (Å²) in [6.07, 6.45) is 0. The molecule has 0 radical (unpaired) electrons. The minimum absolute atomic E-state index is 0.148. The highest BCUT2D eigenvalue weighted by Gasteiger charge is 2.32. The number of hydrazine groups is 2. The Morgan fingerprint density at radius 1 is 0.479 bits per heavy atom. The van der Waals surface area contributed by atoms with E-state index >= 15 is 0 Å². The maximum absolute atomic E-state index is 12.1. The molecule has 0 N–H and O–H groups in total. The van der Waals surface area contributed by atoms with E-state index in [9.17, 15) is 58.6 Å². The third-order valence-electron chi connectivity index (χ3n) is 5.48. The van der Waals surface area contributed by atoms with Gasteiger partial charge in [0.05, 0.1) is 9.85 Å². The van der Waals surface area contributed by atoms with Crippen LogP contribution in [0.15, 0.2) is 48.5 Å². The molecule has 0 aliphatic heterocycles. The molecule has 48 heavy (non-hydrogen) atoms. The molecule has 256 valence electrons. The molecule has 2 rings (SSSR count). The molecule has 0 aromatic heterocycles. The van der Waals surface area contributed by atoms with E-state index in [1.165, 1.54) is 48.5 Å². The van der Waals surface area contributed by atoms with Crippen LogP contribution >= 0.6 is 0 Å². The smallest absolute Gasteiger partial charge is 0.286 e. The van der Waals surface area contributed by atoms with Crippen molar-refractivity contribution in [2.45, 2.75) is 41.5 Å². The Hall–Kier alpha value is -6.60. The van der Waals surface area contributed by atoms with E-state index in [-0.39, 0.29) is 22.9 Å². The van der Waals surface area contributed by atoms with Gasteiger partial charge >= 0.3 is 0 Å². The number of ether oxygens (including phenoxy) is 2. The number of hydrogen-bond acceptors (Lipinski definition) is 14. The first-order valence-corrected chi connectivity index (χ1v) is 13.3. The third kappa shape index (κ3) is 11.4. The maximum Gasteiger partial charge on any atom is 0.286 e. The Kier molecular flexibility index (Phi) is 14.6. The van der Waals surface area contributed by atoms with Crippen LogP contribution in [0.5, 0.6) is 11.5 Å². The molecular weight excluding hydrogens is 644 g/mol. The average molecular weight is 675 g/mol. The van der Waals surface area contributed by atoms with Crippen LogP contribution in [0.25, 0.3) is 0 Å². The van der Waals surface area contributed by atoms with Gasteiger partial charge in [-0.05, 0) is 24.3 Å². The van der Waals surface area contributed by atoms with Gasteiger partial charge in [-0.25, -0.2) is 0 Å². The summed E-state index contributed by atoms with van der Waals surface area (Å²) in [4.78, 5) is 113. The van der Waals surface area contributed by atoms with Gasteiger partial charge in [0, 0.05) is 65.8 Å². The number of rotatable bonds is 8. The van der Waals surface area contributed by atoms with Crippen LogP contribution in [-0.4, -0.2) is 90.4 Å². The quantitative estimate of drug-likeness (QED) is 0.283. The maximum atomic E-state index is 12.1. The number of imide groups is 4. The molecular formula is C28H30N6O14. The van der Waals surface area contributed by atoms with Gasteiger partial charge in [-0.3, -0.25) is 58.6 Å². The summed E-state index contributed by atoms with van der Waals surface area (Å²) >= 11 is 0. The van der Waals surface area contributed by atoms with Crippen LogP contribution < -0.4 is 9.47 Å². The number of nitrogens with zero attached hydrogens (tertiary/aromatic N) is 6. The normalized spacial score (nSPS) is 9.79. The molecule has 0 spiro atoms. The number of benzene rings is 2. The topological polar surface area (TPSA) is 254 Å². The third-order valence-corrected chi connectivity index (χ3v) is 5.48. The largest absolute Gasteiger partial charge is 0.484 e. The second kappa shape index (κ2) is 17.8. The number of amides is 8. The molecule has 0 aliphatic carbocycles. The van der Waals surface area contributed by atoms with Crippen molar-refractivity contribution < 1.29 is 57.7 Å². The Morgan fingerprint density at radius 2 is 0.708 bits per heavy atom. The first-order chi connectivity index (χ1) is 22.3. The van der Waals surface area contributed by atoms with Gasteiger partial charge in [0.2, 0.25) is 35.4 Å². The predicted molar refractivity (Wildman–Crippen MR) is 159 cm³/mol. The second-order valence-electron chi connectivity index (χ2n) is 9.23. The number of carbonyl (C=O) groups is 8. The lowest BCUT2D eigenvalue weighted by Crippen LogP contribution is -2.54. The van der Waals surface area contributed by atoms with Gasteiger partial charge < -0.3 is 9.47 Å². The summed E-state index contributed by atoms with van der Waals surface area (Å²) in [5, 5.41) is 22.7. The summed E-state index contributed by atoms with van der Waals surface area (Å²) in [5.74, 6) is -6.47. The minimum atomic E-state index is -0.939. The summed E-state index contributed by atoms with van der Waals surface area (Å²) in [7, 11) is 0. The zero-order valence-electron chi connectivity index (χ0n) is 26.4. The van der Waals surface area contributed by atoms with Crippen molar-refractivity contribution in [3.8, 4) is 11.5 Å². The van der Waals surface area contributed by atoms with Crippen LogP contribution in [0.2, 0.25) is 0 Å². The molecule has 0 heterocycles. The number of carbonyl (C=O) groups excluding carboxylic acids is 8. The number of hydrogen-bond donors (Lipinski definition) is 0. The molecule has 0 atom stereocenters. The Bertz CT molecular complexity index is 1460. The minimum Gasteiger partial charge on any atom is -0.484 e. The number of non-ortho nitro benzene ring substituents is 2. The lowest BCUT2D eigenvalue weighted by atomic mass is 10.3. The van der Waals surface area contributed by atoms with Crippen LogP contribution in [0.4, 0.5) is 11.4 Å². The van der Waals surface area contributed by atoms with Gasteiger partial charge in [-0.1, -0.05) is 0 Å². The van der Waals surface area contributed by atoms with Crippen molar-refractivity contribution in [1.82, 2.24) is 20.0 Å². The molecule has 0 saturated carbocycles. The highest BCUT2D eigenvalue weighted by atomic mass is 16.6. The molecule has 0 aliphatic rings. The Balaban J connectivity index is 0.000000480. The lowest BCUT2D eigenvalue weighted by Gasteiger charge is -2.28. The van der Waals surface area contributed by atoms with E-state index in [1.54, 1.807) is 0 Å². The molecule has 20 heteroatoms. The van der Waals surface area contributed by atoms with Crippen molar-refractivity contribution in [1.29, 1.82) is 0 Å². The fourth-order valence-electron chi connectivity index (χ4n) is 3.60. The SMILES string of the molecule is CC(=O)N(C(C)=O)N(C(C)=O)C(=O)COc1ccc([N+](=O)[O-])cc1.CC(=O)N(C(C)=O)N(C(C)=O)C(=O)COc1ccc([N+](=O)[O-])cc1. The fraction of sp³-hybridized carbons (Fsp3) is 0.286. The first kappa shape index (κ1) is 39.4. The standard InChI is InChI=1S/2C14H15N3O7/c2*1-9(18)15(10(2)19)16(11(3)20)14(21)8-24-13-6-4-12(5-7-13)17(22)23/h2*4-7H,8H2,1-3H3. The van der Waals surface area contributed by atoms with E-state index in [2.05, 4.69) is 0 Å². The zero-order chi connectivity index (χ0) is 36.9. The van der Waals surface area contributed by atoms with Crippen LogP contribution in [-0.2, 0) is 38.4 Å². The van der Waals surface area contributed by atoms with Crippen molar-refractivity contribution in [2.75, 3.05) is 13.2 Å². The molecule has 2 aromatic carbocycles. The van der Waals surface area contributed by atoms with E-state index in [0.29, 0.717) is 20.0 Å². The second-order valence-corrected chi connectivity index (χ2v) is 9.23. The van der Waals surface area contributed by atoms with E-state index in [1.807, 2.05) is 0 Å². The lowest BCUT2D eigenvalue weighted by molar-refractivity contribution is -0.385. The van der Waals surface area contributed by atoms with Crippen LogP contribution in [0, 0.1) is 20.2 Å². The van der Waals surface area contributed by atoms with Crippen molar-refractivity contribution >= 4 is 58.6 Å². The summed E-state index contributed by atoms with van der Waals surface area (Å²) in [6, 6.07) is 9.82. The van der Waals surface area contributed by atoms with Crippen molar-refractivity contribution in [3.05, 3.63) is 68.8 Å². The molecule has 0 bridgehead atoms. The average Bonchev–Trinajstić information content (AvgIpc) is 2.99. The van der Waals surface area contributed by atoms with E-state index < -0.39 is 70.3 Å². The van der Waals surface area contributed by atoms with Gasteiger partial charge in [0.1, 0.15) is 11.5 Å². The molecule has 8 amide bonds. The predicted octanol–water partition coefficient (Wildman–Crippen LogP) is 1.32. The van der Waals surface area contributed by atoms with Gasteiger partial charge in [0.15, 0.2) is 13.2 Å². The van der Waals surface area contributed by atoms with Crippen molar-refractivity contribution in [2.24, 2.45) is 0 Å². The van der Waals surface area contributed by atoms with Gasteiger partial charge in [-0.15, -0.1) is 0 Å². The molecule has 20 nitrogen and oxygen atoms in total. The van der Waals surface area contributed by atoms with Crippen molar-refractivity contribution in [3.63, 3.8) is 0 Å². The number of nitro benzene ring substituents is 2. The summed E-state index contributed by atoms with van der Waals surface area (Å²) in [6.45, 7) is 4.86. The Labute approximate surface area is 271 Å². The van der Waals surface area contributed by atoms with Gasteiger partial charge in [-0.2, -0.15) is 20.0 Å². The molecule has 0 saturated heterocycles. The first-order valence-electron chi connectivity index (χ1n) is 13.3. The monoisotopic (exact) mass is 674 g/mol. The molecule has 0 fully saturated rings. The van der Waals surface area contributed by atoms with Gasteiger partial charge in [0.25, 0.3) is 23.2 Å². The Morgan fingerprint density at radius 3 is 0.896 bits per heavy atom. The molecule has 2 aromatic rings. The highest BCUT2D eigenvalue weighted by molar-refractivity contribution is 6.03. The molecule has 0 unspecified atom stereocenters. The van der Waals surface area contributed by atoms with Crippen LogP contribution in [0.1, 0.15) is 41.5 Å². The number of nitro groups is 2. The summed E-state index contributed by atoms with van der Waals surface area (Å²) < 4.78 is 10.3. The van der Waals surface area contributed by atoms with E-state index in [0.717, 1.165) is 41.5 Å². The van der Waals surface area contributed by atoms with Crippen LogP contribution in [0.3, 0.4) is 0 Å².